The molecular formula is C14H21NO4. The van der Waals surface area contributed by atoms with Crippen molar-refractivity contribution in [1.82, 2.24) is 5.32 Å². The summed E-state index contributed by atoms with van der Waals surface area (Å²) in [5.74, 6) is 2.45. The molecule has 0 aliphatic carbocycles. The van der Waals surface area contributed by atoms with E-state index in [-0.39, 0.29) is 19.4 Å². The highest BCUT2D eigenvalue weighted by atomic mass is 16.7. The van der Waals surface area contributed by atoms with Crippen molar-refractivity contribution in [2.24, 2.45) is 5.92 Å². The lowest BCUT2D eigenvalue weighted by molar-refractivity contribution is 0.171. The van der Waals surface area contributed by atoms with E-state index in [9.17, 15) is 5.11 Å². The van der Waals surface area contributed by atoms with Crippen LogP contribution in [0.4, 0.5) is 0 Å². The summed E-state index contributed by atoms with van der Waals surface area (Å²) in [6.07, 6.45) is 0. The topological polar surface area (TPSA) is 60.0 Å². The van der Waals surface area contributed by atoms with Gasteiger partial charge in [0.2, 0.25) is 12.5 Å². The minimum Gasteiger partial charge on any atom is -0.493 e. The largest absolute Gasteiger partial charge is 0.493 e. The number of rotatable bonds is 6. The lowest BCUT2D eigenvalue weighted by atomic mass is 10.1. The van der Waals surface area contributed by atoms with Gasteiger partial charge in [0.25, 0.3) is 0 Å². The van der Waals surface area contributed by atoms with Crippen LogP contribution in [0.15, 0.2) is 12.1 Å². The molecule has 1 aromatic carbocycles. The summed E-state index contributed by atoms with van der Waals surface area (Å²) in [6, 6.07) is 3.63. The maximum atomic E-state index is 9.53. The zero-order valence-corrected chi connectivity index (χ0v) is 11.6. The molecule has 1 atom stereocenters. The molecule has 2 rings (SSSR count). The number of aliphatic hydroxyl groups is 1. The highest BCUT2D eigenvalue weighted by Gasteiger charge is 2.22. The molecule has 0 spiro atoms. The maximum absolute atomic E-state index is 9.53. The summed E-state index contributed by atoms with van der Waals surface area (Å²) in [7, 11) is 1.59. The molecule has 1 aliphatic rings. The number of hydrogen-bond acceptors (Lipinski definition) is 5. The van der Waals surface area contributed by atoms with Crippen molar-refractivity contribution >= 4 is 0 Å². The highest BCUT2D eigenvalue weighted by molar-refractivity contribution is 5.55. The van der Waals surface area contributed by atoms with Gasteiger partial charge in [-0.3, -0.25) is 0 Å². The Morgan fingerprint density at radius 3 is 2.79 bits per heavy atom. The number of aliphatic hydroxyl groups excluding tert-OH is 1. The SMILES string of the molecule is COc1cc(C(CO)NCC(C)C)cc2c1OCO2. The Morgan fingerprint density at radius 2 is 2.16 bits per heavy atom. The van der Waals surface area contributed by atoms with E-state index >= 15 is 0 Å². The Morgan fingerprint density at radius 1 is 1.37 bits per heavy atom. The fraction of sp³-hybridized carbons (Fsp3) is 0.571. The van der Waals surface area contributed by atoms with Crippen molar-refractivity contribution in [3.8, 4) is 17.2 Å². The normalized spacial score (nSPS) is 14.8. The van der Waals surface area contributed by atoms with E-state index in [1.54, 1.807) is 7.11 Å². The molecule has 2 N–H and O–H groups in total. The first-order valence-electron chi connectivity index (χ1n) is 6.47. The molecule has 1 aliphatic heterocycles. The van der Waals surface area contributed by atoms with Crippen LogP contribution < -0.4 is 19.5 Å². The third-order valence-electron chi connectivity index (χ3n) is 3.04. The number of hydrogen-bond donors (Lipinski definition) is 2. The zero-order chi connectivity index (χ0) is 13.8. The van der Waals surface area contributed by atoms with E-state index in [0.29, 0.717) is 23.2 Å². The molecule has 1 heterocycles. The Hall–Kier alpha value is -1.46. The van der Waals surface area contributed by atoms with E-state index in [4.69, 9.17) is 14.2 Å². The molecule has 0 saturated heterocycles. The van der Waals surface area contributed by atoms with Crippen molar-refractivity contribution in [3.05, 3.63) is 17.7 Å². The van der Waals surface area contributed by atoms with Gasteiger partial charge in [0.1, 0.15) is 0 Å². The molecule has 1 unspecified atom stereocenters. The predicted molar refractivity (Wildman–Crippen MR) is 71.8 cm³/mol. The molecule has 0 aromatic heterocycles. The molecule has 19 heavy (non-hydrogen) atoms. The molecule has 0 bridgehead atoms. The average Bonchev–Trinajstić information content (AvgIpc) is 2.86. The minimum absolute atomic E-state index is 0.0233. The van der Waals surface area contributed by atoms with Gasteiger partial charge < -0.3 is 24.6 Å². The molecule has 0 amide bonds. The second kappa shape index (κ2) is 6.12. The van der Waals surface area contributed by atoms with Crippen LogP contribution >= 0.6 is 0 Å². The molecule has 106 valence electrons. The van der Waals surface area contributed by atoms with Crippen LogP contribution in [-0.4, -0.2) is 32.2 Å². The Kier molecular flexibility index (Phi) is 4.50. The molecular weight excluding hydrogens is 246 g/mol. The van der Waals surface area contributed by atoms with E-state index in [1.807, 2.05) is 12.1 Å². The lowest BCUT2D eigenvalue weighted by Crippen LogP contribution is -2.27. The summed E-state index contributed by atoms with van der Waals surface area (Å²) in [5, 5.41) is 12.9. The molecule has 0 saturated carbocycles. The van der Waals surface area contributed by atoms with Crippen LogP contribution in [-0.2, 0) is 0 Å². The van der Waals surface area contributed by atoms with E-state index in [1.165, 1.54) is 0 Å². The predicted octanol–water partition coefficient (Wildman–Crippen LogP) is 1.70. The van der Waals surface area contributed by atoms with Gasteiger partial charge in [-0.25, -0.2) is 0 Å². The van der Waals surface area contributed by atoms with Crippen LogP contribution in [0.1, 0.15) is 25.5 Å². The van der Waals surface area contributed by atoms with Crippen LogP contribution in [0.2, 0.25) is 0 Å². The Bertz CT molecular complexity index is 434. The van der Waals surface area contributed by atoms with Crippen molar-refractivity contribution in [2.45, 2.75) is 19.9 Å². The first kappa shape index (κ1) is 14.0. The summed E-state index contributed by atoms with van der Waals surface area (Å²) >= 11 is 0. The second-order valence-electron chi connectivity index (χ2n) is 4.99. The fourth-order valence-corrected chi connectivity index (χ4v) is 2.02. The van der Waals surface area contributed by atoms with Crippen LogP contribution in [0, 0.1) is 5.92 Å². The van der Waals surface area contributed by atoms with Gasteiger partial charge in [0.05, 0.1) is 19.8 Å². The van der Waals surface area contributed by atoms with Gasteiger partial charge in [0, 0.05) is 0 Å². The van der Waals surface area contributed by atoms with Gasteiger partial charge in [-0.05, 0) is 30.2 Å². The van der Waals surface area contributed by atoms with Crippen LogP contribution in [0.25, 0.3) is 0 Å². The monoisotopic (exact) mass is 267 g/mol. The van der Waals surface area contributed by atoms with E-state index in [2.05, 4.69) is 19.2 Å². The smallest absolute Gasteiger partial charge is 0.231 e. The Balaban J connectivity index is 2.23. The first-order valence-corrected chi connectivity index (χ1v) is 6.47. The lowest BCUT2D eigenvalue weighted by Gasteiger charge is -2.19. The van der Waals surface area contributed by atoms with Crippen molar-refractivity contribution in [1.29, 1.82) is 0 Å². The summed E-state index contributed by atoms with van der Waals surface area (Å²) < 4.78 is 16.1. The van der Waals surface area contributed by atoms with Gasteiger partial charge in [-0.2, -0.15) is 0 Å². The van der Waals surface area contributed by atoms with Gasteiger partial charge >= 0.3 is 0 Å². The zero-order valence-electron chi connectivity index (χ0n) is 11.6. The molecule has 5 nitrogen and oxygen atoms in total. The molecule has 5 heteroatoms. The standard InChI is InChI=1S/C14H21NO4/c1-9(2)6-15-11(7-16)10-4-12(17-3)14-13(5-10)18-8-19-14/h4-5,9,11,15-16H,6-8H2,1-3H3. The molecule has 0 fully saturated rings. The number of fused-ring (bicyclic) bond motifs is 1. The fourth-order valence-electron chi connectivity index (χ4n) is 2.02. The molecule has 1 aromatic rings. The van der Waals surface area contributed by atoms with Crippen molar-refractivity contribution in [2.75, 3.05) is 27.1 Å². The third kappa shape index (κ3) is 3.11. The number of nitrogens with one attached hydrogen (secondary N) is 1. The quantitative estimate of drug-likeness (QED) is 0.821. The third-order valence-corrected chi connectivity index (χ3v) is 3.04. The van der Waals surface area contributed by atoms with Crippen molar-refractivity contribution < 1.29 is 19.3 Å². The second-order valence-corrected chi connectivity index (χ2v) is 4.99. The minimum atomic E-state index is -0.134. The summed E-state index contributed by atoms with van der Waals surface area (Å²) in [4.78, 5) is 0. The van der Waals surface area contributed by atoms with Crippen molar-refractivity contribution in [3.63, 3.8) is 0 Å². The summed E-state index contributed by atoms with van der Waals surface area (Å²) in [5.41, 5.74) is 0.934. The van der Waals surface area contributed by atoms with E-state index < -0.39 is 0 Å². The highest BCUT2D eigenvalue weighted by Crippen LogP contribution is 2.42. The maximum Gasteiger partial charge on any atom is 0.231 e. The number of ether oxygens (including phenoxy) is 3. The Labute approximate surface area is 113 Å². The summed E-state index contributed by atoms with van der Waals surface area (Å²) in [6.45, 7) is 5.32. The van der Waals surface area contributed by atoms with Gasteiger partial charge in [0.15, 0.2) is 11.5 Å². The van der Waals surface area contributed by atoms with Crippen LogP contribution in [0.3, 0.4) is 0 Å². The van der Waals surface area contributed by atoms with Crippen LogP contribution in [0.5, 0.6) is 17.2 Å². The average molecular weight is 267 g/mol. The van der Waals surface area contributed by atoms with E-state index in [0.717, 1.165) is 12.1 Å². The number of methoxy groups -OCH3 is 1. The molecule has 0 radical (unpaired) electrons. The number of benzene rings is 1. The van der Waals surface area contributed by atoms with Gasteiger partial charge in [-0.15, -0.1) is 0 Å². The first-order chi connectivity index (χ1) is 9.15. The van der Waals surface area contributed by atoms with Gasteiger partial charge in [-0.1, -0.05) is 13.8 Å².